The normalized spacial score (nSPS) is 30.9. The Morgan fingerprint density at radius 3 is 1.93 bits per heavy atom. The average Bonchev–Trinajstić information content (AvgIpc) is 2.65. The van der Waals surface area contributed by atoms with Gasteiger partial charge >= 0.3 is 0 Å². The van der Waals surface area contributed by atoms with E-state index in [1.165, 1.54) is 38.5 Å². The minimum absolute atomic E-state index is 0.0843. The standard InChI is InChI=1S/C22H31NO4/c1-25-18-9-17(10-19(26-2)20(18)27-3)21(24)23-5-4-22-11-14-6-15(12-22)8-16(7-14)13-22/h9-10,14-16H,4-8,11-13H2,1-3H3,(H,23,24). The molecule has 0 heterocycles. The van der Waals surface area contributed by atoms with Crippen LogP contribution in [0.2, 0.25) is 0 Å². The molecular formula is C22H31NO4. The number of rotatable bonds is 7. The monoisotopic (exact) mass is 373 g/mol. The molecule has 4 fully saturated rings. The molecule has 1 aromatic carbocycles. The van der Waals surface area contributed by atoms with Gasteiger partial charge in [0.2, 0.25) is 5.75 Å². The highest BCUT2D eigenvalue weighted by Gasteiger charge is 2.50. The predicted molar refractivity (Wildman–Crippen MR) is 104 cm³/mol. The van der Waals surface area contributed by atoms with Gasteiger partial charge in [0.25, 0.3) is 5.91 Å². The van der Waals surface area contributed by atoms with Crippen molar-refractivity contribution < 1.29 is 19.0 Å². The van der Waals surface area contributed by atoms with Gasteiger partial charge in [-0.3, -0.25) is 4.79 Å². The minimum atomic E-state index is -0.0843. The SMILES string of the molecule is COc1cc(C(=O)NCCC23CC4CC(CC(C4)C2)C3)cc(OC)c1OC. The summed E-state index contributed by atoms with van der Waals surface area (Å²) in [4.78, 5) is 12.7. The molecule has 1 aromatic rings. The van der Waals surface area contributed by atoms with Crippen molar-refractivity contribution in [3.63, 3.8) is 0 Å². The Kier molecular flexibility index (Phi) is 4.95. The van der Waals surface area contributed by atoms with E-state index >= 15 is 0 Å². The molecule has 5 heteroatoms. The van der Waals surface area contributed by atoms with Gasteiger partial charge in [-0.25, -0.2) is 0 Å². The number of carbonyl (C=O) groups excluding carboxylic acids is 1. The summed E-state index contributed by atoms with van der Waals surface area (Å²) in [7, 11) is 4.68. The second kappa shape index (κ2) is 7.25. The molecule has 0 atom stereocenters. The van der Waals surface area contributed by atoms with Crippen molar-refractivity contribution in [3.8, 4) is 17.2 Å². The molecule has 148 valence electrons. The number of benzene rings is 1. The second-order valence-corrected chi connectivity index (χ2v) is 8.84. The molecule has 4 saturated carbocycles. The molecule has 0 unspecified atom stereocenters. The summed E-state index contributed by atoms with van der Waals surface area (Å²) in [6, 6.07) is 3.42. The van der Waals surface area contributed by atoms with E-state index in [0.29, 0.717) is 28.2 Å². The van der Waals surface area contributed by atoms with Gasteiger partial charge in [-0.1, -0.05) is 0 Å². The van der Waals surface area contributed by atoms with Crippen LogP contribution in [0.15, 0.2) is 12.1 Å². The van der Waals surface area contributed by atoms with E-state index in [-0.39, 0.29) is 5.91 Å². The predicted octanol–water partition coefficient (Wildman–Crippen LogP) is 4.05. The van der Waals surface area contributed by atoms with Crippen LogP contribution in [0.4, 0.5) is 0 Å². The smallest absolute Gasteiger partial charge is 0.251 e. The zero-order chi connectivity index (χ0) is 19.0. The maximum absolute atomic E-state index is 12.7. The second-order valence-electron chi connectivity index (χ2n) is 8.84. The highest BCUT2D eigenvalue weighted by molar-refractivity contribution is 5.95. The summed E-state index contributed by atoms with van der Waals surface area (Å²) in [5.74, 6) is 4.27. The van der Waals surface area contributed by atoms with Crippen molar-refractivity contribution in [1.29, 1.82) is 0 Å². The van der Waals surface area contributed by atoms with Crippen molar-refractivity contribution in [2.45, 2.75) is 44.9 Å². The third-order valence-corrected chi connectivity index (χ3v) is 7.03. The number of hydrogen-bond donors (Lipinski definition) is 1. The van der Waals surface area contributed by atoms with Gasteiger partial charge in [-0.2, -0.15) is 0 Å². The summed E-state index contributed by atoms with van der Waals surface area (Å²) in [6.45, 7) is 0.738. The Labute approximate surface area is 161 Å². The Balaban J connectivity index is 1.40. The zero-order valence-electron chi connectivity index (χ0n) is 16.7. The summed E-state index contributed by atoms with van der Waals surface area (Å²) in [6.07, 6.45) is 9.59. The quantitative estimate of drug-likeness (QED) is 0.783. The third-order valence-electron chi connectivity index (χ3n) is 7.03. The van der Waals surface area contributed by atoms with Crippen molar-refractivity contribution in [2.24, 2.45) is 23.2 Å². The average molecular weight is 373 g/mol. The van der Waals surface area contributed by atoms with Crippen LogP contribution in [0, 0.1) is 23.2 Å². The van der Waals surface area contributed by atoms with E-state index in [9.17, 15) is 4.79 Å². The Morgan fingerprint density at radius 2 is 1.48 bits per heavy atom. The Hall–Kier alpha value is -1.91. The first kappa shape index (κ1) is 18.5. The minimum Gasteiger partial charge on any atom is -0.493 e. The molecule has 4 aliphatic carbocycles. The van der Waals surface area contributed by atoms with Gasteiger partial charge < -0.3 is 19.5 Å². The third kappa shape index (κ3) is 3.48. The van der Waals surface area contributed by atoms with Gasteiger partial charge in [-0.15, -0.1) is 0 Å². The van der Waals surface area contributed by atoms with Crippen LogP contribution in [-0.2, 0) is 0 Å². The lowest BCUT2D eigenvalue weighted by Gasteiger charge is -2.57. The molecule has 1 N–H and O–H groups in total. The number of methoxy groups -OCH3 is 3. The number of hydrogen-bond acceptors (Lipinski definition) is 4. The van der Waals surface area contributed by atoms with Crippen molar-refractivity contribution >= 4 is 5.91 Å². The highest BCUT2D eigenvalue weighted by atomic mass is 16.5. The molecule has 4 aliphatic rings. The first-order valence-corrected chi connectivity index (χ1v) is 10.1. The highest BCUT2D eigenvalue weighted by Crippen LogP contribution is 2.61. The van der Waals surface area contributed by atoms with Crippen LogP contribution < -0.4 is 19.5 Å². The molecule has 0 aliphatic heterocycles. The number of ether oxygens (including phenoxy) is 3. The van der Waals surface area contributed by atoms with Crippen molar-refractivity contribution in [2.75, 3.05) is 27.9 Å². The molecule has 5 nitrogen and oxygen atoms in total. The molecule has 5 rings (SSSR count). The van der Waals surface area contributed by atoms with Gasteiger partial charge in [-0.05, 0) is 80.2 Å². The molecule has 0 saturated heterocycles. The van der Waals surface area contributed by atoms with Crippen molar-refractivity contribution in [1.82, 2.24) is 5.32 Å². The molecule has 1 amide bonds. The van der Waals surface area contributed by atoms with E-state index < -0.39 is 0 Å². The summed E-state index contributed by atoms with van der Waals surface area (Å²) in [5.41, 5.74) is 1.02. The first-order chi connectivity index (χ1) is 13.1. The topological polar surface area (TPSA) is 56.8 Å². The first-order valence-electron chi connectivity index (χ1n) is 10.1. The fraction of sp³-hybridized carbons (Fsp3) is 0.682. The lowest BCUT2D eigenvalue weighted by molar-refractivity contribution is -0.0564. The maximum atomic E-state index is 12.7. The lowest BCUT2D eigenvalue weighted by Crippen LogP contribution is -2.47. The molecule has 0 aromatic heterocycles. The largest absolute Gasteiger partial charge is 0.493 e. The molecular weight excluding hydrogens is 342 g/mol. The fourth-order valence-corrected chi connectivity index (χ4v) is 6.35. The fourth-order valence-electron chi connectivity index (χ4n) is 6.35. The van der Waals surface area contributed by atoms with E-state index in [1.54, 1.807) is 33.5 Å². The van der Waals surface area contributed by atoms with Crippen LogP contribution in [0.1, 0.15) is 55.3 Å². The number of amides is 1. The van der Waals surface area contributed by atoms with Crippen molar-refractivity contribution in [3.05, 3.63) is 17.7 Å². The van der Waals surface area contributed by atoms with Crippen LogP contribution in [0.5, 0.6) is 17.2 Å². The van der Waals surface area contributed by atoms with E-state index in [2.05, 4.69) is 5.32 Å². The van der Waals surface area contributed by atoms with Gasteiger partial charge in [0.05, 0.1) is 21.3 Å². The van der Waals surface area contributed by atoms with Crippen LogP contribution in [0.25, 0.3) is 0 Å². The maximum Gasteiger partial charge on any atom is 0.251 e. The molecule has 4 bridgehead atoms. The Morgan fingerprint density at radius 1 is 0.963 bits per heavy atom. The van der Waals surface area contributed by atoms with Crippen LogP contribution >= 0.6 is 0 Å². The van der Waals surface area contributed by atoms with E-state index in [4.69, 9.17) is 14.2 Å². The van der Waals surface area contributed by atoms with E-state index in [0.717, 1.165) is 30.7 Å². The summed E-state index contributed by atoms with van der Waals surface area (Å²) < 4.78 is 16.0. The van der Waals surface area contributed by atoms with Crippen LogP contribution in [-0.4, -0.2) is 33.8 Å². The Bertz CT molecular complexity index is 654. The number of carbonyl (C=O) groups is 1. The van der Waals surface area contributed by atoms with E-state index in [1.807, 2.05) is 0 Å². The number of nitrogens with one attached hydrogen (secondary N) is 1. The lowest BCUT2D eigenvalue weighted by atomic mass is 9.49. The summed E-state index contributed by atoms with van der Waals surface area (Å²) >= 11 is 0. The van der Waals surface area contributed by atoms with Gasteiger partial charge in [0.1, 0.15) is 0 Å². The van der Waals surface area contributed by atoms with Crippen LogP contribution in [0.3, 0.4) is 0 Å². The molecule has 27 heavy (non-hydrogen) atoms. The van der Waals surface area contributed by atoms with Gasteiger partial charge in [0, 0.05) is 12.1 Å². The molecule has 0 radical (unpaired) electrons. The summed E-state index contributed by atoms with van der Waals surface area (Å²) in [5, 5.41) is 3.12. The molecule has 0 spiro atoms. The zero-order valence-corrected chi connectivity index (χ0v) is 16.7. The van der Waals surface area contributed by atoms with Gasteiger partial charge in [0.15, 0.2) is 11.5 Å².